The van der Waals surface area contributed by atoms with Crippen LogP contribution in [0, 0.1) is 0 Å². The Labute approximate surface area is 99.5 Å². The van der Waals surface area contributed by atoms with Crippen molar-refractivity contribution in [2.45, 2.75) is 17.7 Å². The van der Waals surface area contributed by atoms with Crippen LogP contribution >= 0.6 is 11.8 Å². The van der Waals surface area contributed by atoms with Crippen molar-refractivity contribution in [3.63, 3.8) is 0 Å². The molecule has 0 heterocycles. The second-order valence-corrected chi connectivity index (χ2v) is 4.07. The maximum absolute atomic E-state index is 10.8. The summed E-state index contributed by atoms with van der Waals surface area (Å²) in [7, 11) is 0. The highest BCUT2D eigenvalue weighted by Gasteiger charge is 1.98. The number of carbonyl (C=O) groups excluding carboxylic acids is 1. The summed E-state index contributed by atoms with van der Waals surface area (Å²) < 4.78 is 5.47. The molecule has 1 rings (SSSR count). The fraction of sp³-hybridized carbons (Fsp3) is 0.364. The molecule has 16 heavy (non-hydrogen) atoms. The number of benzene rings is 1. The van der Waals surface area contributed by atoms with Gasteiger partial charge in [-0.15, -0.1) is 11.8 Å². The van der Waals surface area contributed by atoms with Crippen LogP contribution in [0.1, 0.15) is 12.8 Å². The van der Waals surface area contributed by atoms with E-state index in [1.165, 1.54) is 4.90 Å². The lowest BCUT2D eigenvalue weighted by molar-refractivity contribution is -0.121. The Morgan fingerprint density at radius 1 is 1.44 bits per heavy atom. The monoisotopic (exact) mass is 240 g/mol. The van der Waals surface area contributed by atoms with Gasteiger partial charge in [-0.3, -0.25) is 10.2 Å². The van der Waals surface area contributed by atoms with Crippen LogP contribution in [-0.4, -0.2) is 18.8 Å². The van der Waals surface area contributed by atoms with Gasteiger partial charge in [0.1, 0.15) is 5.75 Å². The minimum absolute atomic E-state index is 0.165. The van der Waals surface area contributed by atoms with Gasteiger partial charge in [-0.2, -0.15) is 0 Å². The highest BCUT2D eigenvalue weighted by atomic mass is 32.2. The lowest BCUT2D eigenvalue weighted by Gasteiger charge is -2.06. The summed E-state index contributed by atoms with van der Waals surface area (Å²) in [5, 5.41) is 0. The number of nitrogens with two attached hydrogens (primary N) is 1. The first-order valence-electron chi connectivity index (χ1n) is 5.02. The minimum atomic E-state index is -0.165. The van der Waals surface area contributed by atoms with Gasteiger partial charge >= 0.3 is 0 Å². The third kappa shape index (κ3) is 4.55. The summed E-state index contributed by atoms with van der Waals surface area (Å²) in [4.78, 5) is 12.0. The third-order valence-corrected chi connectivity index (χ3v) is 2.78. The molecule has 88 valence electrons. The molecular weight excluding hydrogens is 224 g/mol. The molecule has 0 aliphatic carbocycles. The molecule has 4 nitrogen and oxygen atoms in total. The second-order valence-electron chi connectivity index (χ2n) is 3.20. The fourth-order valence-corrected chi connectivity index (χ4v) is 1.58. The van der Waals surface area contributed by atoms with Crippen molar-refractivity contribution in [3.8, 4) is 5.75 Å². The van der Waals surface area contributed by atoms with E-state index in [1.807, 2.05) is 30.5 Å². The highest BCUT2D eigenvalue weighted by molar-refractivity contribution is 7.98. The molecule has 0 aromatic heterocycles. The fourth-order valence-electron chi connectivity index (χ4n) is 1.17. The smallest absolute Gasteiger partial charge is 0.234 e. The van der Waals surface area contributed by atoms with Gasteiger partial charge < -0.3 is 4.74 Å². The van der Waals surface area contributed by atoms with E-state index in [2.05, 4.69) is 5.43 Å². The topological polar surface area (TPSA) is 64.3 Å². The van der Waals surface area contributed by atoms with E-state index < -0.39 is 0 Å². The summed E-state index contributed by atoms with van der Waals surface area (Å²) in [5.41, 5.74) is 2.08. The van der Waals surface area contributed by atoms with Gasteiger partial charge in [-0.25, -0.2) is 5.84 Å². The molecule has 0 saturated carbocycles. The van der Waals surface area contributed by atoms with Gasteiger partial charge in [-0.1, -0.05) is 0 Å². The van der Waals surface area contributed by atoms with Gasteiger partial charge in [-0.05, 0) is 36.9 Å². The van der Waals surface area contributed by atoms with Crippen LogP contribution in [-0.2, 0) is 4.79 Å². The van der Waals surface area contributed by atoms with E-state index in [4.69, 9.17) is 10.6 Å². The first-order valence-corrected chi connectivity index (χ1v) is 6.25. The zero-order valence-electron chi connectivity index (χ0n) is 9.23. The molecule has 0 bridgehead atoms. The van der Waals surface area contributed by atoms with Crippen molar-refractivity contribution in [3.05, 3.63) is 24.3 Å². The number of hydrazine groups is 1. The average molecular weight is 240 g/mol. The minimum Gasteiger partial charge on any atom is -0.494 e. The van der Waals surface area contributed by atoms with Crippen LogP contribution in [0.4, 0.5) is 0 Å². The molecule has 5 heteroatoms. The Bertz CT molecular complexity index is 327. The molecule has 0 fully saturated rings. The van der Waals surface area contributed by atoms with Crippen molar-refractivity contribution in [1.82, 2.24) is 5.43 Å². The molecule has 1 aromatic rings. The zero-order chi connectivity index (χ0) is 11.8. The predicted octanol–water partition coefficient (Wildman–Crippen LogP) is 1.56. The largest absolute Gasteiger partial charge is 0.494 e. The van der Waals surface area contributed by atoms with Crippen molar-refractivity contribution >= 4 is 17.7 Å². The Morgan fingerprint density at radius 3 is 2.69 bits per heavy atom. The summed E-state index contributed by atoms with van der Waals surface area (Å²) >= 11 is 1.69. The quantitative estimate of drug-likeness (QED) is 0.260. The molecule has 0 aliphatic rings. The molecule has 0 saturated heterocycles. The zero-order valence-corrected chi connectivity index (χ0v) is 10.0. The highest BCUT2D eigenvalue weighted by Crippen LogP contribution is 2.18. The van der Waals surface area contributed by atoms with Crippen molar-refractivity contribution in [2.75, 3.05) is 12.9 Å². The Hall–Kier alpha value is -1.20. The molecule has 0 aliphatic heterocycles. The number of rotatable bonds is 6. The van der Waals surface area contributed by atoms with Crippen LogP contribution in [0.2, 0.25) is 0 Å². The Kier molecular flexibility index (Phi) is 5.74. The van der Waals surface area contributed by atoms with E-state index >= 15 is 0 Å². The van der Waals surface area contributed by atoms with Gasteiger partial charge in [0.05, 0.1) is 6.61 Å². The summed E-state index contributed by atoms with van der Waals surface area (Å²) in [5.74, 6) is 5.61. The van der Waals surface area contributed by atoms with E-state index in [-0.39, 0.29) is 5.91 Å². The maximum atomic E-state index is 10.8. The molecule has 1 aromatic carbocycles. The van der Waals surface area contributed by atoms with Crippen LogP contribution in [0.15, 0.2) is 29.2 Å². The van der Waals surface area contributed by atoms with Crippen LogP contribution in [0.5, 0.6) is 5.75 Å². The van der Waals surface area contributed by atoms with Gasteiger partial charge in [0, 0.05) is 11.3 Å². The summed E-state index contributed by atoms with van der Waals surface area (Å²) in [6.07, 6.45) is 3.08. The van der Waals surface area contributed by atoms with Crippen LogP contribution in [0.25, 0.3) is 0 Å². The van der Waals surface area contributed by atoms with Gasteiger partial charge in [0.15, 0.2) is 0 Å². The van der Waals surface area contributed by atoms with E-state index in [0.29, 0.717) is 19.4 Å². The van der Waals surface area contributed by atoms with Crippen LogP contribution in [0.3, 0.4) is 0 Å². The number of carbonyl (C=O) groups is 1. The molecule has 0 spiro atoms. The third-order valence-electron chi connectivity index (χ3n) is 2.04. The number of ether oxygens (including phenoxy) is 1. The van der Waals surface area contributed by atoms with Gasteiger partial charge in [0.2, 0.25) is 5.91 Å². The van der Waals surface area contributed by atoms with Crippen molar-refractivity contribution in [2.24, 2.45) is 5.84 Å². The molecule has 3 N–H and O–H groups in total. The number of thioether (sulfide) groups is 1. The number of hydrogen-bond donors (Lipinski definition) is 2. The normalized spacial score (nSPS) is 9.88. The molecule has 0 atom stereocenters. The molecular formula is C11H16N2O2S. The molecule has 1 amide bonds. The lowest BCUT2D eigenvalue weighted by atomic mass is 10.3. The molecule has 0 unspecified atom stereocenters. The number of amides is 1. The van der Waals surface area contributed by atoms with E-state index in [0.717, 1.165) is 5.75 Å². The first-order chi connectivity index (χ1) is 7.76. The number of hydrogen-bond acceptors (Lipinski definition) is 4. The van der Waals surface area contributed by atoms with E-state index in [1.54, 1.807) is 11.8 Å². The average Bonchev–Trinajstić information content (AvgIpc) is 2.35. The summed E-state index contributed by atoms with van der Waals surface area (Å²) in [6, 6.07) is 7.86. The van der Waals surface area contributed by atoms with E-state index in [9.17, 15) is 4.79 Å². The summed E-state index contributed by atoms with van der Waals surface area (Å²) in [6.45, 7) is 0.520. The Balaban J connectivity index is 2.24. The maximum Gasteiger partial charge on any atom is 0.234 e. The molecule has 0 radical (unpaired) electrons. The van der Waals surface area contributed by atoms with Gasteiger partial charge in [0.25, 0.3) is 0 Å². The second kappa shape index (κ2) is 7.14. The first kappa shape index (κ1) is 12.9. The van der Waals surface area contributed by atoms with Crippen molar-refractivity contribution < 1.29 is 9.53 Å². The number of nitrogens with one attached hydrogen (secondary N) is 1. The Morgan fingerprint density at radius 2 is 2.12 bits per heavy atom. The SMILES string of the molecule is CSc1ccc(OCCCC(=O)NN)cc1. The predicted molar refractivity (Wildman–Crippen MR) is 65.3 cm³/mol. The van der Waals surface area contributed by atoms with Crippen molar-refractivity contribution in [1.29, 1.82) is 0 Å². The standard InChI is InChI=1S/C11H16N2O2S/c1-16-10-6-4-9(5-7-10)15-8-2-3-11(14)13-12/h4-7H,2-3,8,12H2,1H3,(H,13,14). The lowest BCUT2D eigenvalue weighted by Crippen LogP contribution is -2.29. The van der Waals surface area contributed by atoms with Crippen LogP contribution < -0.4 is 16.0 Å².